The van der Waals surface area contributed by atoms with Gasteiger partial charge in [-0.3, -0.25) is 0 Å². The van der Waals surface area contributed by atoms with E-state index in [0.29, 0.717) is 12.5 Å². The fraction of sp³-hybridized carbons (Fsp3) is 0.944. The van der Waals surface area contributed by atoms with Gasteiger partial charge in [0.25, 0.3) is 0 Å². The summed E-state index contributed by atoms with van der Waals surface area (Å²) >= 11 is 0. The number of nitrogens with two attached hydrogens (primary N) is 1. The monoisotopic (exact) mass is 358 g/mol. The Bertz CT molecular complexity index is 427. The topological polar surface area (TPSA) is 73.6 Å². The van der Waals surface area contributed by atoms with Crippen molar-refractivity contribution < 1.29 is 14.0 Å². The third-order valence-electron chi connectivity index (χ3n) is 5.19. The molecule has 142 valence electrons. The Balaban J connectivity index is 2.82. The Hall–Kier alpha value is -0.593. The second kappa shape index (κ2) is 7.75. The van der Waals surface area contributed by atoms with Crippen molar-refractivity contribution in [2.45, 2.75) is 96.7 Å². The molecule has 0 aromatic heterocycles. The number of ether oxygens (including phenoxy) is 1. The van der Waals surface area contributed by atoms with E-state index in [4.69, 9.17) is 14.9 Å². The second-order valence-electron chi connectivity index (χ2n) is 9.58. The summed E-state index contributed by atoms with van der Waals surface area (Å²) in [6.45, 7) is 17.5. The molecular formula is C18H38N2O3Si. The van der Waals surface area contributed by atoms with Crippen molar-refractivity contribution in [1.29, 1.82) is 0 Å². The molecule has 1 aliphatic carbocycles. The van der Waals surface area contributed by atoms with Gasteiger partial charge in [0.1, 0.15) is 5.60 Å². The van der Waals surface area contributed by atoms with Gasteiger partial charge in [0.15, 0.2) is 8.32 Å². The van der Waals surface area contributed by atoms with Gasteiger partial charge in [0.05, 0.1) is 12.1 Å². The predicted molar refractivity (Wildman–Crippen MR) is 102 cm³/mol. The van der Waals surface area contributed by atoms with E-state index in [-0.39, 0.29) is 23.3 Å². The lowest BCUT2D eigenvalue weighted by molar-refractivity contribution is 0.0333. The molecule has 0 bridgehead atoms. The van der Waals surface area contributed by atoms with E-state index in [1.807, 2.05) is 20.8 Å². The zero-order valence-corrected chi connectivity index (χ0v) is 17.9. The van der Waals surface area contributed by atoms with Gasteiger partial charge in [0, 0.05) is 0 Å². The van der Waals surface area contributed by atoms with Crippen LogP contribution >= 0.6 is 0 Å². The Labute approximate surface area is 149 Å². The zero-order valence-electron chi connectivity index (χ0n) is 16.9. The first-order chi connectivity index (χ1) is 10.7. The maximum Gasteiger partial charge on any atom is 0.407 e. The minimum absolute atomic E-state index is 0.00299. The molecule has 0 unspecified atom stereocenters. The van der Waals surface area contributed by atoms with Crippen molar-refractivity contribution >= 4 is 14.4 Å². The molecule has 0 aromatic carbocycles. The number of carbonyl (C=O) groups excluding carboxylic acids is 1. The average Bonchev–Trinajstić information content (AvgIpc) is 2.36. The molecule has 0 radical (unpaired) electrons. The smallest absolute Gasteiger partial charge is 0.407 e. The van der Waals surface area contributed by atoms with Gasteiger partial charge in [-0.05, 0) is 70.6 Å². The number of nitrogens with one attached hydrogen (secondary N) is 1. The summed E-state index contributed by atoms with van der Waals surface area (Å²) in [6, 6.07) is -0.00299. The molecule has 1 saturated carbocycles. The van der Waals surface area contributed by atoms with Crippen molar-refractivity contribution in [2.24, 2.45) is 11.7 Å². The molecule has 5 nitrogen and oxygen atoms in total. The van der Waals surface area contributed by atoms with Crippen LogP contribution in [0.15, 0.2) is 0 Å². The van der Waals surface area contributed by atoms with E-state index < -0.39 is 13.9 Å². The van der Waals surface area contributed by atoms with Crippen LogP contribution in [0.5, 0.6) is 0 Å². The van der Waals surface area contributed by atoms with Crippen molar-refractivity contribution in [2.75, 3.05) is 6.54 Å². The summed E-state index contributed by atoms with van der Waals surface area (Å²) in [4.78, 5) is 12.2. The minimum Gasteiger partial charge on any atom is -0.444 e. The van der Waals surface area contributed by atoms with Crippen LogP contribution in [0.2, 0.25) is 18.1 Å². The van der Waals surface area contributed by atoms with Crippen molar-refractivity contribution in [3.63, 3.8) is 0 Å². The highest BCUT2D eigenvalue weighted by molar-refractivity contribution is 6.74. The molecule has 0 heterocycles. The quantitative estimate of drug-likeness (QED) is 0.744. The van der Waals surface area contributed by atoms with Gasteiger partial charge in [-0.25, -0.2) is 4.79 Å². The Morgan fingerprint density at radius 2 is 1.75 bits per heavy atom. The number of rotatable bonds is 4. The lowest BCUT2D eigenvalue weighted by Gasteiger charge is -2.44. The highest BCUT2D eigenvalue weighted by atomic mass is 28.4. The number of alkyl carbamates (subject to hydrolysis) is 1. The van der Waals surface area contributed by atoms with Gasteiger partial charge in [-0.2, -0.15) is 0 Å². The van der Waals surface area contributed by atoms with Crippen molar-refractivity contribution in [3.8, 4) is 0 Å². The summed E-state index contributed by atoms with van der Waals surface area (Å²) in [6.07, 6.45) is 2.47. The van der Waals surface area contributed by atoms with Crippen LogP contribution in [0.1, 0.15) is 60.8 Å². The SMILES string of the molecule is CC(C)(C)OC(=O)N[C@H]1CC[C@H](CN)C[C@H]1O[Si](C)(C)C(C)(C)C. The van der Waals surface area contributed by atoms with E-state index in [9.17, 15) is 4.79 Å². The summed E-state index contributed by atoms with van der Waals surface area (Å²) < 4.78 is 12.1. The summed E-state index contributed by atoms with van der Waals surface area (Å²) in [5, 5.41) is 3.18. The van der Waals surface area contributed by atoms with Gasteiger partial charge in [-0.1, -0.05) is 20.8 Å². The summed E-state index contributed by atoms with van der Waals surface area (Å²) in [7, 11) is -1.91. The molecule has 1 fully saturated rings. The maximum atomic E-state index is 12.2. The molecule has 1 aliphatic rings. The van der Waals surface area contributed by atoms with Crippen LogP contribution < -0.4 is 11.1 Å². The summed E-state index contributed by atoms with van der Waals surface area (Å²) in [5.74, 6) is 0.469. The lowest BCUT2D eigenvalue weighted by atomic mass is 9.84. The van der Waals surface area contributed by atoms with Crippen LogP contribution in [0.3, 0.4) is 0 Å². The van der Waals surface area contributed by atoms with Gasteiger partial charge in [-0.15, -0.1) is 0 Å². The lowest BCUT2D eigenvalue weighted by Crippen LogP contribution is -2.55. The third-order valence-corrected chi connectivity index (χ3v) is 9.69. The zero-order chi connectivity index (χ0) is 18.8. The van der Waals surface area contributed by atoms with E-state index in [2.05, 4.69) is 39.2 Å². The van der Waals surface area contributed by atoms with E-state index in [1.54, 1.807) is 0 Å². The van der Waals surface area contributed by atoms with Crippen LogP contribution in [-0.2, 0) is 9.16 Å². The molecule has 3 atom stereocenters. The van der Waals surface area contributed by atoms with Gasteiger partial charge >= 0.3 is 6.09 Å². The van der Waals surface area contributed by atoms with Crippen molar-refractivity contribution in [3.05, 3.63) is 0 Å². The molecular weight excluding hydrogens is 320 g/mol. The van der Waals surface area contributed by atoms with Crippen LogP contribution in [0, 0.1) is 5.92 Å². The van der Waals surface area contributed by atoms with Gasteiger partial charge < -0.3 is 20.2 Å². The molecule has 1 rings (SSSR count). The van der Waals surface area contributed by atoms with E-state index in [0.717, 1.165) is 19.3 Å². The fourth-order valence-electron chi connectivity index (χ4n) is 2.74. The molecule has 1 amide bonds. The largest absolute Gasteiger partial charge is 0.444 e. The molecule has 6 heteroatoms. The first-order valence-electron chi connectivity index (χ1n) is 9.12. The van der Waals surface area contributed by atoms with Crippen LogP contribution in [0.4, 0.5) is 4.79 Å². The highest BCUT2D eigenvalue weighted by Gasteiger charge is 2.42. The molecule has 0 saturated heterocycles. The number of amides is 1. The molecule has 0 aliphatic heterocycles. The first kappa shape index (κ1) is 21.4. The minimum atomic E-state index is -1.91. The highest BCUT2D eigenvalue weighted by Crippen LogP contribution is 2.39. The standard InChI is InChI=1S/C18H38N2O3Si/c1-17(2,3)22-16(21)20-14-10-9-13(12-19)11-15(14)23-24(7,8)18(4,5)6/h13-15H,9-12,19H2,1-8H3,(H,20,21)/t13-,14-,15+/m0/s1. The van der Waals surface area contributed by atoms with E-state index >= 15 is 0 Å². The second-order valence-corrected chi connectivity index (χ2v) is 14.3. The van der Waals surface area contributed by atoms with Gasteiger partial charge in [0.2, 0.25) is 0 Å². The average molecular weight is 359 g/mol. The van der Waals surface area contributed by atoms with Crippen LogP contribution in [0.25, 0.3) is 0 Å². The Morgan fingerprint density at radius 3 is 2.21 bits per heavy atom. The Morgan fingerprint density at radius 1 is 1.17 bits per heavy atom. The molecule has 3 N–H and O–H groups in total. The number of hydrogen-bond acceptors (Lipinski definition) is 4. The number of hydrogen-bond donors (Lipinski definition) is 2. The normalized spacial score (nSPS) is 26.1. The van der Waals surface area contributed by atoms with Crippen LogP contribution in [-0.4, -0.2) is 38.7 Å². The fourth-order valence-corrected chi connectivity index (χ4v) is 4.11. The maximum absolute atomic E-state index is 12.2. The predicted octanol–water partition coefficient (Wildman–Crippen LogP) is 4.03. The van der Waals surface area contributed by atoms with E-state index in [1.165, 1.54) is 0 Å². The Kier molecular flexibility index (Phi) is 6.92. The molecule has 0 aromatic rings. The number of carbonyl (C=O) groups is 1. The third kappa shape index (κ3) is 6.37. The molecule has 0 spiro atoms. The molecule has 24 heavy (non-hydrogen) atoms. The van der Waals surface area contributed by atoms with Crippen molar-refractivity contribution in [1.82, 2.24) is 5.32 Å². The summed E-state index contributed by atoms with van der Waals surface area (Å²) in [5.41, 5.74) is 5.40. The first-order valence-corrected chi connectivity index (χ1v) is 12.0.